The third kappa shape index (κ3) is 6.20. The van der Waals surface area contributed by atoms with E-state index < -0.39 is 0 Å². The van der Waals surface area contributed by atoms with E-state index in [-0.39, 0.29) is 0 Å². The lowest BCUT2D eigenvalue weighted by molar-refractivity contribution is 0.0184. The molecule has 21 heavy (non-hydrogen) atoms. The summed E-state index contributed by atoms with van der Waals surface area (Å²) in [6.45, 7) is 10.4. The van der Waals surface area contributed by atoms with Crippen LogP contribution in [0.15, 0.2) is 0 Å². The van der Waals surface area contributed by atoms with E-state index >= 15 is 0 Å². The Labute approximate surface area is 129 Å². The summed E-state index contributed by atoms with van der Waals surface area (Å²) in [5, 5.41) is 3.77. The fraction of sp³-hybridized carbons (Fsp3) is 1.00. The molecule has 0 aromatic rings. The van der Waals surface area contributed by atoms with Crippen LogP contribution in [0.3, 0.4) is 0 Å². The molecule has 2 aliphatic rings. The zero-order valence-corrected chi connectivity index (χ0v) is 13.7. The molecule has 5 nitrogen and oxygen atoms in total. The van der Waals surface area contributed by atoms with Crippen LogP contribution in [0.2, 0.25) is 0 Å². The molecule has 124 valence electrons. The molecule has 5 heteroatoms. The lowest BCUT2D eigenvalue weighted by Gasteiger charge is -2.33. The zero-order valence-electron chi connectivity index (χ0n) is 13.7. The summed E-state index contributed by atoms with van der Waals surface area (Å²) in [5.41, 5.74) is 0.319. The summed E-state index contributed by atoms with van der Waals surface area (Å²) < 4.78 is 16.0. The minimum absolute atomic E-state index is 0.319. The van der Waals surface area contributed by atoms with E-state index in [4.69, 9.17) is 14.2 Å². The summed E-state index contributed by atoms with van der Waals surface area (Å²) >= 11 is 0. The molecule has 1 saturated heterocycles. The van der Waals surface area contributed by atoms with Gasteiger partial charge >= 0.3 is 0 Å². The second kappa shape index (κ2) is 9.06. The first kappa shape index (κ1) is 17.2. The van der Waals surface area contributed by atoms with Gasteiger partial charge in [0.15, 0.2) is 0 Å². The van der Waals surface area contributed by atoms with Crippen LogP contribution < -0.4 is 5.32 Å². The van der Waals surface area contributed by atoms with E-state index in [0.29, 0.717) is 32.0 Å². The Morgan fingerprint density at radius 3 is 2.52 bits per heavy atom. The fourth-order valence-corrected chi connectivity index (χ4v) is 3.12. The molecule has 0 radical (unpaired) electrons. The van der Waals surface area contributed by atoms with Gasteiger partial charge < -0.3 is 19.5 Å². The standard InChI is InChI=1S/C16H32N2O3/c1-16(15-4-5-15)14-18(7-3-6-17-16)8-9-20-12-13-21-11-10-19-2/h15,17H,3-14H2,1-2H3. The van der Waals surface area contributed by atoms with Gasteiger partial charge in [0.05, 0.1) is 33.0 Å². The molecule has 0 amide bonds. The molecule has 0 aromatic heterocycles. The molecule has 1 saturated carbocycles. The molecular formula is C16H32N2O3. The molecular weight excluding hydrogens is 268 g/mol. The highest BCUT2D eigenvalue weighted by atomic mass is 16.5. The summed E-state index contributed by atoms with van der Waals surface area (Å²) in [6, 6.07) is 0. The number of methoxy groups -OCH3 is 1. The van der Waals surface area contributed by atoms with Gasteiger partial charge in [-0.2, -0.15) is 0 Å². The Balaban J connectivity index is 1.55. The number of hydrogen-bond donors (Lipinski definition) is 1. The van der Waals surface area contributed by atoms with Crippen LogP contribution in [-0.2, 0) is 14.2 Å². The maximum Gasteiger partial charge on any atom is 0.0701 e. The van der Waals surface area contributed by atoms with Gasteiger partial charge in [-0.1, -0.05) is 0 Å². The minimum atomic E-state index is 0.319. The van der Waals surface area contributed by atoms with Crippen molar-refractivity contribution in [1.29, 1.82) is 0 Å². The Morgan fingerprint density at radius 2 is 1.81 bits per heavy atom. The summed E-state index contributed by atoms with van der Waals surface area (Å²) in [4.78, 5) is 2.56. The monoisotopic (exact) mass is 300 g/mol. The van der Waals surface area contributed by atoms with Crippen LogP contribution in [0.25, 0.3) is 0 Å². The van der Waals surface area contributed by atoms with E-state index in [1.165, 1.54) is 25.8 Å². The zero-order chi connectivity index (χ0) is 15.0. The molecule has 2 fully saturated rings. The van der Waals surface area contributed by atoms with Crippen molar-refractivity contribution in [2.75, 3.05) is 66.3 Å². The Kier molecular flexibility index (Phi) is 7.40. The largest absolute Gasteiger partial charge is 0.382 e. The van der Waals surface area contributed by atoms with Gasteiger partial charge in [-0.15, -0.1) is 0 Å². The van der Waals surface area contributed by atoms with Crippen molar-refractivity contribution in [3.8, 4) is 0 Å². The van der Waals surface area contributed by atoms with Crippen molar-refractivity contribution in [3.05, 3.63) is 0 Å². The van der Waals surface area contributed by atoms with Crippen molar-refractivity contribution in [2.24, 2.45) is 5.92 Å². The highest BCUT2D eigenvalue weighted by molar-refractivity contribution is 5.00. The predicted molar refractivity (Wildman–Crippen MR) is 83.7 cm³/mol. The van der Waals surface area contributed by atoms with Crippen molar-refractivity contribution >= 4 is 0 Å². The second-order valence-electron chi connectivity index (χ2n) is 6.47. The van der Waals surface area contributed by atoms with Crippen LogP contribution in [0.4, 0.5) is 0 Å². The average Bonchev–Trinajstić information content (AvgIpc) is 3.30. The number of nitrogens with one attached hydrogen (secondary N) is 1. The van der Waals surface area contributed by atoms with Crippen LogP contribution in [0.5, 0.6) is 0 Å². The first-order valence-corrected chi connectivity index (χ1v) is 8.36. The molecule has 0 spiro atoms. The van der Waals surface area contributed by atoms with Crippen molar-refractivity contribution in [3.63, 3.8) is 0 Å². The van der Waals surface area contributed by atoms with E-state index in [9.17, 15) is 0 Å². The SMILES string of the molecule is COCCOCCOCCN1CCCNC(C)(C2CC2)C1. The van der Waals surface area contributed by atoms with Crippen LogP contribution in [0.1, 0.15) is 26.2 Å². The topological polar surface area (TPSA) is 43.0 Å². The third-order valence-corrected chi connectivity index (χ3v) is 4.57. The molecule has 1 heterocycles. The van der Waals surface area contributed by atoms with E-state index in [1.54, 1.807) is 7.11 Å². The van der Waals surface area contributed by atoms with Gasteiger partial charge in [-0.25, -0.2) is 0 Å². The Hall–Kier alpha value is -0.200. The quantitative estimate of drug-likeness (QED) is 0.613. The third-order valence-electron chi connectivity index (χ3n) is 4.57. The van der Waals surface area contributed by atoms with E-state index in [2.05, 4.69) is 17.1 Å². The Bertz CT molecular complexity index is 287. The second-order valence-corrected chi connectivity index (χ2v) is 6.47. The molecule has 0 aromatic carbocycles. The number of nitrogens with zero attached hydrogens (tertiary/aromatic N) is 1. The average molecular weight is 300 g/mol. The number of ether oxygens (including phenoxy) is 3. The number of hydrogen-bond acceptors (Lipinski definition) is 5. The molecule has 1 atom stereocenters. The molecule has 1 aliphatic heterocycles. The number of rotatable bonds is 10. The lowest BCUT2D eigenvalue weighted by Crippen LogP contribution is -2.51. The first-order valence-electron chi connectivity index (χ1n) is 8.36. The van der Waals surface area contributed by atoms with Gasteiger partial charge in [0.1, 0.15) is 0 Å². The van der Waals surface area contributed by atoms with Gasteiger partial charge in [0.2, 0.25) is 0 Å². The predicted octanol–water partition coefficient (Wildman–Crippen LogP) is 1.13. The summed E-state index contributed by atoms with van der Waals surface area (Å²) in [6.07, 6.45) is 4.03. The maximum atomic E-state index is 5.67. The van der Waals surface area contributed by atoms with Gasteiger partial charge in [-0.05, 0) is 45.2 Å². The first-order chi connectivity index (χ1) is 10.2. The normalized spacial score (nSPS) is 27.7. The molecule has 1 N–H and O–H groups in total. The van der Waals surface area contributed by atoms with E-state index in [1.807, 2.05) is 0 Å². The van der Waals surface area contributed by atoms with Gasteiger partial charge in [0, 0.05) is 25.7 Å². The minimum Gasteiger partial charge on any atom is -0.382 e. The summed E-state index contributed by atoms with van der Waals surface area (Å²) in [5.74, 6) is 0.883. The highest BCUT2D eigenvalue weighted by Gasteiger charge is 2.42. The van der Waals surface area contributed by atoms with Gasteiger partial charge in [0.25, 0.3) is 0 Å². The van der Waals surface area contributed by atoms with Crippen LogP contribution in [0, 0.1) is 5.92 Å². The smallest absolute Gasteiger partial charge is 0.0701 e. The van der Waals surface area contributed by atoms with E-state index in [0.717, 1.165) is 32.2 Å². The van der Waals surface area contributed by atoms with Crippen molar-refractivity contribution in [1.82, 2.24) is 10.2 Å². The molecule has 1 unspecified atom stereocenters. The maximum absolute atomic E-state index is 5.67. The van der Waals surface area contributed by atoms with Crippen LogP contribution >= 0.6 is 0 Å². The van der Waals surface area contributed by atoms with Crippen LogP contribution in [-0.4, -0.2) is 76.8 Å². The van der Waals surface area contributed by atoms with Gasteiger partial charge in [-0.3, -0.25) is 4.90 Å². The van der Waals surface area contributed by atoms with Crippen molar-refractivity contribution < 1.29 is 14.2 Å². The molecule has 0 bridgehead atoms. The summed E-state index contributed by atoms with van der Waals surface area (Å²) in [7, 11) is 1.69. The highest BCUT2D eigenvalue weighted by Crippen LogP contribution is 2.40. The van der Waals surface area contributed by atoms with Crippen molar-refractivity contribution in [2.45, 2.75) is 31.7 Å². The fourth-order valence-electron chi connectivity index (χ4n) is 3.12. The Morgan fingerprint density at radius 1 is 1.10 bits per heavy atom. The molecule has 1 aliphatic carbocycles. The molecule has 2 rings (SSSR count). The lowest BCUT2D eigenvalue weighted by atomic mass is 9.95.